The molecule has 1 unspecified atom stereocenters. The predicted molar refractivity (Wildman–Crippen MR) is 91.1 cm³/mol. The largest absolute Gasteiger partial charge is 0.497 e. The summed E-state index contributed by atoms with van der Waals surface area (Å²) in [6.07, 6.45) is -0.557. The number of quaternary nitrogens is 1. The summed E-state index contributed by atoms with van der Waals surface area (Å²) in [6.45, 7) is 1.63. The molecule has 2 atom stereocenters. The first kappa shape index (κ1) is 17.8. The molecule has 0 bridgehead atoms. The first-order valence-corrected chi connectivity index (χ1v) is 7.86. The van der Waals surface area contributed by atoms with Gasteiger partial charge in [-0.1, -0.05) is 0 Å². The third kappa shape index (κ3) is 5.58. The number of nitriles is 1. The minimum atomic E-state index is -0.557. The Morgan fingerprint density at radius 3 is 2.29 bits per heavy atom. The topological polar surface area (TPSA) is 66.9 Å². The van der Waals surface area contributed by atoms with Crippen molar-refractivity contribution in [3.63, 3.8) is 0 Å². The van der Waals surface area contributed by atoms with Gasteiger partial charge in [-0.05, 0) is 48.5 Å². The predicted octanol–water partition coefficient (Wildman–Crippen LogP) is 1.02. The van der Waals surface area contributed by atoms with Crippen molar-refractivity contribution >= 4 is 0 Å². The lowest BCUT2D eigenvalue weighted by Crippen LogP contribution is -3.09. The van der Waals surface area contributed by atoms with E-state index in [1.807, 2.05) is 31.3 Å². The number of methoxy groups -OCH3 is 1. The number of rotatable bonds is 8. The van der Waals surface area contributed by atoms with Crippen LogP contribution in [0.4, 0.5) is 0 Å². The molecule has 0 spiro atoms. The van der Waals surface area contributed by atoms with Gasteiger partial charge in [0.25, 0.3) is 0 Å². The molecule has 0 saturated heterocycles. The number of likely N-dealkylation sites (N-methyl/N-ethyl adjacent to an activating group) is 1. The average molecular weight is 327 g/mol. The van der Waals surface area contributed by atoms with Crippen molar-refractivity contribution in [2.24, 2.45) is 0 Å². The van der Waals surface area contributed by atoms with E-state index in [0.29, 0.717) is 17.9 Å². The number of nitrogens with one attached hydrogen (secondary N) is 1. The van der Waals surface area contributed by atoms with E-state index in [-0.39, 0.29) is 6.61 Å². The second-order valence-electron chi connectivity index (χ2n) is 5.79. The van der Waals surface area contributed by atoms with Gasteiger partial charge in [-0.2, -0.15) is 5.26 Å². The molecule has 0 amide bonds. The second kappa shape index (κ2) is 8.92. The molecule has 0 aliphatic carbocycles. The molecule has 0 aromatic heterocycles. The fourth-order valence-corrected chi connectivity index (χ4v) is 2.44. The van der Waals surface area contributed by atoms with Crippen molar-refractivity contribution in [2.45, 2.75) is 12.6 Å². The highest BCUT2D eigenvalue weighted by Gasteiger charge is 2.13. The highest BCUT2D eigenvalue weighted by Crippen LogP contribution is 2.12. The van der Waals surface area contributed by atoms with Gasteiger partial charge >= 0.3 is 0 Å². The van der Waals surface area contributed by atoms with Gasteiger partial charge in [0.1, 0.15) is 37.3 Å². The summed E-state index contributed by atoms with van der Waals surface area (Å²) in [4.78, 5) is 1.19. The average Bonchev–Trinajstić information content (AvgIpc) is 2.61. The smallest absolute Gasteiger partial charge is 0.137 e. The standard InChI is InChI=1S/C19H22N2O3/c1-21(12-16-5-7-18(23-2)8-6-16)13-17(22)14-24-19-9-3-15(11-20)4-10-19/h3-10,17,22H,12-14H2,1-2H3/p+1/t17-/m1/s1. The Kier molecular flexibility index (Phi) is 6.62. The van der Waals surface area contributed by atoms with Crippen LogP contribution in [0.1, 0.15) is 11.1 Å². The number of ether oxygens (including phenoxy) is 2. The van der Waals surface area contributed by atoms with Crippen LogP contribution in [0.2, 0.25) is 0 Å². The van der Waals surface area contributed by atoms with E-state index >= 15 is 0 Å². The summed E-state index contributed by atoms with van der Waals surface area (Å²) < 4.78 is 10.7. The van der Waals surface area contributed by atoms with E-state index in [9.17, 15) is 5.11 Å². The maximum Gasteiger partial charge on any atom is 0.137 e. The monoisotopic (exact) mass is 327 g/mol. The maximum absolute atomic E-state index is 10.1. The fourth-order valence-electron chi connectivity index (χ4n) is 2.44. The van der Waals surface area contributed by atoms with E-state index in [1.165, 1.54) is 10.5 Å². The molecule has 5 heteroatoms. The van der Waals surface area contributed by atoms with Crippen molar-refractivity contribution in [3.8, 4) is 17.6 Å². The second-order valence-corrected chi connectivity index (χ2v) is 5.79. The Morgan fingerprint density at radius 1 is 1.08 bits per heavy atom. The number of hydrogen-bond donors (Lipinski definition) is 2. The molecule has 0 saturated carbocycles. The van der Waals surface area contributed by atoms with Crippen LogP contribution in [0.3, 0.4) is 0 Å². The molecule has 0 heterocycles. The highest BCUT2D eigenvalue weighted by molar-refractivity contribution is 5.34. The third-order valence-electron chi connectivity index (χ3n) is 3.67. The van der Waals surface area contributed by atoms with E-state index in [0.717, 1.165) is 12.3 Å². The van der Waals surface area contributed by atoms with Crippen LogP contribution in [0.15, 0.2) is 48.5 Å². The van der Waals surface area contributed by atoms with Gasteiger partial charge in [0.15, 0.2) is 0 Å². The van der Waals surface area contributed by atoms with Crippen molar-refractivity contribution < 1.29 is 19.5 Å². The van der Waals surface area contributed by atoms with E-state index in [1.54, 1.807) is 31.4 Å². The summed E-state index contributed by atoms with van der Waals surface area (Å²) in [5, 5.41) is 18.9. The molecule has 0 fully saturated rings. The van der Waals surface area contributed by atoms with Gasteiger partial charge < -0.3 is 19.5 Å². The van der Waals surface area contributed by atoms with Gasteiger partial charge in [0.05, 0.1) is 25.8 Å². The van der Waals surface area contributed by atoms with Crippen LogP contribution in [-0.2, 0) is 6.54 Å². The van der Waals surface area contributed by atoms with Crippen molar-refractivity contribution in [1.29, 1.82) is 5.26 Å². The molecule has 2 aromatic rings. The Balaban J connectivity index is 1.75. The number of benzene rings is 2. The number of aliphatic hydroxyl groups excluding tert-OH is 1. The van der Waals surface area contributed by atoms with E-state index < -0.39 is 6.10 Å². The fraction of sp³-hybridized carbons (Fsp3) is 0.316. The van der Waals surface area contributed by atoms with Gasteiger partial charge in [0.2, 0.25) is 0 Å². The quantitative estimate of drug-likeness (QED) is 0.760. The van der Waals surface area contributed by atoms with Gasteiger partial charge in [-0.3, -0.25) is 0 Å². The zero-order valence-corrected chi connectivity index (χ0v) is 14.0. The minimum Gasteiger partial charge on any atom is -0.497 e. The lowest BCUT2D eigenvalue weighted by Gasteiger charge is -2.18. The first-order chi connectivity index (χ1) is 11.6. The summed E-state index contributed by atoms with van der Waals surface area (Å²) in [5.41, 5.74) is 1.78. The molecule has 0 aliphatic heterocycles. The molecule has 0 radical (unpaired) electrons. The molecule has 2 rings (SSSR count). The van der Waals surface area contributed by atoms with Crippen LogP contribution >= 0.6 is 0 Å². The third-order valence-corrected chi connectivity index (χ3v) is 3.67. The van der Waals surface area contributed by atoms with Gasteiger partial charge in [0, 0.05) is 5.56 Å². The number of nitrogens with zero attached hydrogens (tertiary/aromatic N) is 1. The summed E-state index contributed by atoms with van der Waals surface area (Å²) in [7, 11) is 3.69. The van der Waals surface area contributed by atoms with Crippen LogP contribution in [0.5, 0.6) is 11.5 Å². The molecule has 5 nitrogen and oxygen atoms in total. The van der Waals surface area contributed by atoms with Gasteiger partial charge in [-0.15, -0.1) is 0 Å². The normalized spacial score (nSPS) is 12.9. The summed E-state index contributed by atoms with van der Waals surface area (Å²) in [5.74, 6) is 1.49. The van der Waals surface area contributed by atoms with E-state index in [2.05, 4.69) is 6.07 Å². The zero-order chi connectivity index (χ0) is 17.4. The zero-order valence-electron chi connectivity index (χ0n) is 14.0. The molecule has 126 valence electrons. The van der Waals surface area contributed by atoms with Crippen molar-refractivity contribution in [1.82, 2.24) is 0 Å². The molecular weight excluding hydrogens is 304 g/mol. The number of hydrogen-bond acceptors (Lipinski definition) is 4. The van der Waals surface area contributed by atoms with Crippen molar-refractivity contribution in [2.75, 3.05) is 27.3 Å². The van der Waals surface area contributed by atoms with Crippen LogP contribution in [0, 0.1) is 11.3 Å². The number of aliphatic hydroxyl groups is 1. The lowest BCUT2D eigenvalue weighted by molar-refractivity contribution is -0.897. The van der Waals surface area contributed by atoms with Crippen LogP contribution < -0.4 is 14.4 Å². The minimum absolute atomic E-state index is 0.228. The molecule has 24 heavy (non-hydrogen) atoms. The lowest BCUT2D eigenvalue weighted by atomic mass is 10.2. The molecule has 2 N–H and O–H groups in total. The Hall–Kier alpha value is -2.55. The van der Waals surface area contributed by atoms with Crippen LogP contribution in [-0.4, -0.2) is 38.5 Å². The summed E-state index contributed by atoms with van der Waals surface area (Å²) >= 11 is 0. The maximum atomic E-state index is 10.1. The summed E-state index contributed by atoms with van der Waals surface area (Å²) in [6, 6.07) is 16.9. The SMILES string of the molecule is COc1ccc(C[NH+](C)C[C@@H](O)COc2ccc(C#N)cc2)cc1. The first-order valence-electron chi connectivity index (χ1n) is 7.86. The van der Waals surface area contributed by atoms with Crippen LogP contribution in [0.25, 0.3) is 0 Å². The molecular formula is C19H23N2O3+. The van der Waals surface area contributed by atoms with Gasteiger partial charge in [-0.25, -0.2) is 0 Å². The Bertz CT molecular complexity index is 663. The van der Waals surface area contributed by atoms with Crippen molar-refractivity contribution in [3.05, 3.63) is 59.7 Å². The Morgan fingerprint density at radius 2 is 1.71 bits per heavy atom. The highest BCUT2D eigenvalue weighted by atomic mass is 16.5. The van der Waals surface area contributed by atoms with E-state index in [4.69, 9.17) is 14.7 Å². The Labute approximate surface area is 142 Å². The molecule has 2 aromatic carbocycles. The molecule has 0 aliphatic rings.